The van der Waals surface area contributed by atoms with E-state index in [0.29, 0.717) is 5.56 Å². The van der Waals surface area contributed by atoms with E-state index in [4.69, 9.17) is 0 Å². The van der Waals surface area contributed by atoms with Crippen LogP contribution in [-0.4, -0.2) is 10.1 Å². The van der Waals surface area contributed by atoms with Crippen molar-refractivity contribution >= 4 is 11.3 Å². The Morgan fingerprint density at radius 2 is 2.23 bits per heavy atom. The zero-order chi connectivity index (χ0) is 9.26. The van der Waals surface area contributed by atoms with Crippen LogP contribution in [0.15, 0.2) is 34.6 Å². The summed E-state index contributed by atoms with van der Waals surface area (Å²) in [4.78, 5) is 14.3. The first-order valence-electron chi connectivity index (χ1n) is 3.73. The predicted molar refractivity (Wildman–Crippen MR) is 52.0 cm³/mol. The van der Waals surface area contributed by atoms with Crippen molar-refractivity contribution in [1.82, 2.24) is 4.98 Å². The monoisotopic (exact) mass is 193 g/mol. The highest BCUT2D eigenvalue weighted by Gasteiger charge is 2.06. The predicted octanol–water partition coefficient (Wildman–Crippen LogP) is 1.81. The van der Waals surface area contributed by atoms with Crippen LogP contribution in [0, 0.1) is 0 Å². The second-order valence-electron chi connectivity index (χ2n) is 2.55. The van der Waals surface area contributed by atoms with Crippen LogP contribution in [0.5, 0.6) is 5.75 Å². The van der Waals surface area contributed by atoms with Crippen molar-refractivity contribution in [2.75, 3.05) is 0 Å². The molecule has 0 unspecified atom stereocenters. The molecule has 2 aromatic heterocycles. The molecule has 0 spiro atoms. The second-order valence-corrected chi connectivity index (χ2v) is 3.49. The summed E-state index contributed by atoms with van der Waals surface area (Å²) in [6.07, 6.45) is 1.52. The van der Waals surface area contributed by atoms with Crippen molar-refractivity contribution in [1.29, 1.82) is 0 Å². The summed E-state index contributed by atoms with van der Waals surface area (Å²) < 4.78 is 0. The van der Waals surface area contributed by atoms with Gasteiger partial charge in [-0.05, 0) is 17.5 Å². The summed E-state index contributed by atoms with van der Waals surface area (Å²) in [5.74, 6) is -0.218. The first-order chi connectivity index (χ1) is 6.29. The van der Waals surface area contributed by atoms with E-state index in [9.17, 15) is 9.90 Å². The van der Waals surface area contributed by atoms with Crippen LogP contribution in [0.4, 0.5) is 0 Å². The lowest BCUT2D eigenvalue weighted by Crippen LogP contribution is -2.03. The van der Waals surface area contributed by atoms with E-state index in [1.54, 1.807) is 6.07 Å². The number of thiophene rings is 1. The molecule has 0 amide bonds. The van der Waals surface area contributed by atoms with Crippen molar-refractivity contribution in [3.8, 4) is 16.2 Å². The largest absolute Gasteiger partial charge is 0.503 e. The molecule has 0 atom stereocenters. The van der Waals surface area contributed by atoms with Gasteiger partial charge in [0.1, 0.15) is 0 Å². The smallest absolute Gasteiger partial charge is 0.290 e. The van der Waals surface area contributed by atoms with Crippen LogP contribution < -0.4 is 5.56 Å². The van der Waals surface area contributed by atoms with Gasteiger partial charge in [-0.1, -0.05) is 6.07 Å². The zero-order valence-corrected chi connectivity index (χ0v) is 7.47. The minimum Gasteiger partial charge on any atom is -0.503 e. The number of hydrogen-bond donors (Lipinski definition) is 2. The van der Waals surface area contributed by atoms with Crippen molar-refractivity contribution < 1.29 is 5.11 Å². The molecule has 2 aromatic rings. The summed E-state index contributed by atoms with van der Waals surface area (Å²) in [5, 5.41) is 11.3. The molecule has 0 radical (unpaired) electrons. The summed E-state index contributed by atoms with van der Waals surface area (Å²) in [7, 11) is 0. The minimum absolute atomic E-state index is 0.218. The number of aromatic nitrogens is 1. The van der Waals surface area contributed by atoms with Crippen LogP contribution in [0.3, 0.4) is 0 Å². The van der Waals surface area contributed by atoms with Crippen molar-refractivity contribution in [3.63, 3.8) is 0 Å². The van der Waals surface area contributed by atoms with Gasteiger partial charge in [-0.15, -0.1) is 11.3 Å². The molecule has 0 aliphatic carbocycles. The van der Waals surface area contributed by atoms with Crippen molar-refractivity contribution in [3.05, 3.63) is 40.1 Å². The highest BCUT2D eigenvalue weighted by molar-refractivity contribution is 7.13. The van der Waals surface area contributed by atoms with E-state index in [0.717, 1.165) is 4.88 Å². The van der Waals surface area contributed by atoms with Crippen molar-refractivity contribution in [2.24, 2.45) is 0 Å². The fraction of sp³-hybridized carbons (Fsp3) is 0. The normalized spacial score (nSPS) is 10.2. The van der Waals surface area contributed by atoms with Crippen LogP contribution in [0.1, 0.15) is 0 Å². The van der Waals surface area contributed by atoms with Gasteiger partial charge in [-0.2, -0.15) is 0 Å². The Kier molecular flexibility index (Phi) is 1.90. The lowest BCUT2D eigenvalue weighted by molar-refractivity contribution is 0.469. The molecule has 0 aliphatic heterocycles. The number of aromatic hydroxyl groups is 1. The molecule has 0 aromatic carbocycles. The van der Waals surface area contributed by atoms with Crippen LogP contribution >= 0.6 is 11.3 Å². The topological polar surface area (TPSA) is 53.1 Å². The lowest BCUT2D eigenvalue weighted by Gasteiger charge is -1.98. The first kappa shape index (κ1) is 8.07. The Hall–Kier alpha value is -1.55. The highest BCUT2D eigenvalue weighted by Crippen LogP contribution is 2.28. The van der Waals surface area contributed by atoms with Gasteiger partial charge in [0.05, 0.1) is 0 Å². The third-order valence-corrected chi connectivity index (χ3v) is 2.62. The van der Waals surface area contributed by atoms with Gasteiger partial charge in [0.2, 0.25) is 0 Å². The number of rotatable bonds is 1. The van der Waals surface area contributed by atoms with E-state index in [1.807, 2.05) is 17.5 Å². The Morgan fingerprint density at radius 1 is 1.38 bits per heavy atom. The Morgan fingerprint density at radius 3 is 2.92 bits per heavy atom. The maximum Gasteiger partial charge on any atom is 0.290 e. The van der Waals surface area contributed by atoms with Crippen LogP contribution in [0.2, 0.25) is 0 Å². The maximum atomic E-state index is 11.0. The fourth-order valence-corrected chi connectivity index (χ4v) is 1.85. The molecule has 0 saturated carbocycles. The van der Waals surface area contributed by atoms with E-state index < -0.39 is 5.56 Å². The van der Waals surface area contributed by atoms with E-state index in [2.05, 4.69) is 4.98 Å². The van der Waals surface area contributed by atoms with E-state index >= 15 is 0 Å². The number of aromatic amines is 1. The molecule has 0 saturated heterocycles. The quantitative estimate of drug-likeness (QED) is 0.725. The molecule has 2 heterocycles. The molecular formula is C9H7NO2S. The van der Waals surface area contributed by atoms with Gasteiger partial charge < -0.3 is 10.1 Å². The number of pyridine rings is 1. The van der Waals surface area contributed by atoms with Gasteiger partial charge in [-0.25, -0.2) is 0 Å². The van der Waals surface area contributed by atoms with E-state index in [1.165, 1.54) is 17.5 Å². The molecule has 2 N–H and O–H groups in total. The van der Waals surface area contributed by atoms with Gasteiger partial charge >= 0.3 is 0 Å². The van der Waals surface area contributed by atoms with Crippen LogP contribution in [0.25, 0.3) is 10.4 Å². The van der Waals surface area contributed by atoms with Crippen LogP contribution in [-0.2, 0) is 0 Å². The molecule has 13 heavy (non-hydrogen) atoms. The third-order valence-electron chi connectivity index (χ3n) is 1.72. The zero-order valence-electron chi connectivity index (χ0n) is 6.65. The van der Waals surface area contributed by atoms with Gasteiger partial charge in [0, 0.05) is 16.6 Å². The highest BCUT2D eigenvalue weighted by atomic mass is 32.1. The summed E-state index contributed by atoms with van der Waals surface area (Å²) in [6.45, 7) is 0. The van der Waals surface area contributed by atoms with Crippen molar-refractivity contribution in [2.45, 2.75) is 0 Å². The third kappa shape index (κ3) is 1.36. The molecule has 0 fully saturated rings. The molecule has 0 bridgehead atoms. The molecule has 0 aliphatic rings. The minimum atomic E-state index is -0.453. The number of H-pyrrole nitrogens is 1. The average Bonchev–Trinajstić information content (AvgIpc) is 2.62. The SMILES string of the molecule is O=c1[nH]ccc(-c2cccs2)c1O. The Labute approximate surface area is 78.3 Å². The molecule has 2 rings (SSSR count). The number of nitrogens with one attached hydrogen (secondary N) is 1. The molecule has 3 nitrogen and oxygen atoms in total. The average molecular weight is 193 g/mol. The summed E-state index contributed by atoms with van der Waals surface area (Å²) >= 11 is 1.49. The standard InChI is InChI=1S/C9H7NO2S/c11-8-6(3-4-10-9(8)12)7-2-1-5-13-7/h1-5,11H,(H,10,12). The molecule has 66 valence electrons. The maximum absolute atomic E-state index is 11.0. The Balaban J connectivity index is 2.66. The summed E-state index contributed by atoms with van der Waals surface area (Å²) in [5.41, 5.74) is 0.129. The molecule has 4 heteroatoms. The number of hydrogen-bond acceptors (Lipinski definition) is 3. The fourth-order valence-electron chi connectivity index (χ4n) is 1.10. The first-order valence-corrected chi connectivity index (χ1v) is 4.61. The van der Waals surface area contributed by atoms with Gasteiger partial charge in [0.25, 0.3) is 5.56 Å². The van der Waals surface area contributed by atoms with E-state index in [-0.39, 0.29) is 5.75 Å². The Bertz CT molecular complexity index is 459. The van der Waals surface area contributed by atoms with Gasteiger partial charge in [0.15, 0.2) is 5.75 Å². The molecular weight excluding hydrogens is 186 g/mol. The summed E-state index contributed by atoms with van der Waals surface area (Å²) in [6, 6.07) is 5.42. The lowest BCUT2D eigenvalue weighted by atomic mass is 10.2. The second kappa shape index (κ2) is 3.06. The van der Waals surface area contributed by atoms with Gasteiger partial charge in [-0.3, -0.25) is 4.79 Å².